The highest BCUT2D eigenvalue weighted by Crippen LogP contribution is 2.50. The van der Waals surface area contributed by atoms with E-state index in [0.717, 1.165) is 19.3 Å². The maximum absolute atomic E-state index is 11.8. The lowest BCUT2D eigenvalue weighted by Gasteiger charge is -2.24. The number of halogens is 3. The van der Waals surface area contributed by atoms with Crippen molar-refractivity contribution in [2.75, 3.05) is 0 Å². The molecule has 1 nitrogen and oxygen atoms in total. The molecule has 0 amide bonds. The predicted molar refractivity (Wildman–Crippen MR) is 40.9 cm³/mol. The minimum absolute atomic E-state index is 0.293. The molecule has 0 spiro atoms. The van der Waals surface area contributed by atoms with Crippen molar-refractivity contribution < 1.29 is 11.7 Å². The lowest BCUT2D eigenvalue weighted by Crippen LogP contribution is -2.28. The van der Waals surface area contributed by atoms with Crippen molar-refractivity contribution in [2.45, 2.75) is 38.1 Å². The van der Waals surface area contributed by atoms with Gasteiger partial charge in [-0.25, -0.2) is 4.72 Å². The fourth-order valence-corrected chi connectivity index (χ4v) is 2.02. The second-order valence-electron chi connectivity index (χ2n) is 2.86. The maximum atomic E-state index is 11.8. The predicted octanol–water partition coefficient (Wildman–Crippen LogP) is 3.28. The van der Waals surface area contributed by atoms with Crippen molar-refractivity contribution in [1.29, 1.82) is 0 Å². The Kier molecular flexibility index (Phi) is 3.06. The van der Waals surface area contributed by atoms with Gasteiger partial charge in [0, 0.05) is 6.04 Å². The molecule has 0 unspecified atom stereocenters. The van der Waals surface area contributed by atoms with Crippen LogP contribution in [-0.2, 0) is 0 Å². The van der Waals surface area contributed by atoms with Gasteiger partial charge in [0.2, 0.25) is 0 Å². The highest BCUT2D eigenvalue weighted by Gasteiger charge is 2.26. The number of hydrogen-bond donors (Lipinski definition) is 1. The molecule has 68 valence electrons. The molecule has 0 aromatic heterocycles. The van der Waals surface area contributed by atoms with E-state index in [4.69, 9.17) is 0 Å². The Labute approximate surface area is 66.7 Å². The highest BCUT2D eigenvalue weighted by molar-refractivity contribution is 8.19. The Morgan fingerprint density at radius 3 is 2.00 bits per heavy atom. The van der Waals surface area contributed by atoms with Crippen LogP contribution < -0.4 is 4.72 Å². The molecule has 1 N–H and O–H groups in total. The third-order valence-electron chi connectivity index (χ3n) is 1.91. The van der Waals surface area contributed by atoms with Crippen LogP contribution in [0.5, 0.6) is 0 Å². The van der Waals surface area contributed by atoms with Crippen molar-refractivity contribution in [3.05, 3.63) is 0 Å². The highest BCUT2D eigenvalue weighted by atomic mass is 32.3. The third kappa shape index (κ3) is 3.86. The van der Waals surface area contributed by atoms with E-state index < -0.39 is 11.4 Å². The number of rotatable bonds is 2. The zero-order valence-electron chi connectivity index (χ0n) is 6.16. The molecule has 1 aliphatic rings. The van der Waals surface area contributed by atoms with Crippen LogP contribution in [0.3, 0.4) is 0 Å². The van der Waals surface area contributed by atoms with Crippen LogP contribution in [-0.4, -0.2) is 6.04 Å². The van der Waals surface area contributed by atoms with Gasteiger partial charge in [-0.3, -0.25) is 0 Å². The fraction of sp³-hybridized carbons (Fsp3) is 1.00. The zero-order valence-corrected chi connectivity index (χ0v) is 6.97. The maximum Gasteiger partial charge on any atom is 0.275 e. The summed E-state index contributed by atoms with van der Waals surface area (Å²) in [7, 11) is 0. The van der Waals surface area contributed by atoms with Crippen LogP contribution in [0.1, 0.15) is 32.1 Å². The normalized spacial score (nSPS) is 23.5. The van der Waals surface area contributed by atoms with E-state index in [9.17, 15) is 11.7 Å². The van der Waals surface area contributed by atoms with Crippen LogP contribution in [0.25, 0.3) is 0 Å². The quantitative estimate of drug-likeness (QED) is 0.699. The fourth-order valence-electron chi connectivity index (χ4n) is 1.41. The summed E-state index contributed by atoms with van der Waals surface area (Å²) < 4.78 is 37.2. The van der Waals surface area contributed by atoms with E-state index in [1.165, 1.54) is 0 Å². The summed E-state index contributed by atoms with van der Waals surface area (Å²) in [5.74, 6) is 0. The summed E-state index contributed by atoms with van der Waals surface area (Å²) in [5, 5.41) is 0. The molecular weight excluding hydrogens is 175 g/mol. The lowest BCUT2D eigenvalue weighted by atomic mass is 9.96. The largest absolute Gasteiger partial charge is 0.275 e. The van der Waals surface area contributed by atoms with Crippen LogP contribution in [0.15, 0.2) is 0 Å². The molecule has 0 aromatic carbocycles. The van der Waals surface area contributed by atoms with E-state index in [0.29, 0.717) is 12.8 Å². The zero-order chi connectivity index (χ0) is 8.32. The first-order chi connectivity index (χ1) is 5.08. The lowest BCUT2D eigenvalue weighted by molar-refractivity contribution is 0.405. The summed E-state index contributed by atoms with van der Waals surface area (Å²) in [4.78, 5) is 0. The summed E-state index contributed by atoms with van der Waals surface area (Å²) in [6.45, 7) is 0. The van der Waals surface area contributed by atoms with Gasteiger partial charge in [-0.15, -0.1) is 11.7 Å². The molecule has 0 heterocycles. The Morgan fingerprint density at radius 2 is 1.55 bits per heavy atom. The first-order valence-corrected chi connectivity index (χ1v) is 5.11. The van der Waals surface area contributed by atoms with E-state index in [2.05, 4.69) is 0 Å². The van der Waals surface area contributed by atoms with E-state index >= 15 is 0 Å². The summed E-state index contributed by atoms with van der Waals surface area (Å²) >= 11 is -4.97. The van der Waals surface area contributed by atoms with Gasteiger partial charge < -0.3 is 0 Å². The van der Waals surface area contributed by atoms with Crippen molar-refractivity contribution in [3.8, 4) is 0 Å². The van der Waals surface area contributed by atoms with Crippen LogP contribution in [0.2, 0.25) is 0 Å². The Hall–Kier alpha value is 0.1000. The Morgan fingerprint density at radius 1 is 1.00 bits per heavy atom. The molecule has 1 rings (SSSR count). The van der Waals surface area contributed by atoms with Gasteiger partial charge in [-0.05, 0) is 12.8 Å². The SMILES string of the molecule is FS(F)(F)NC1CCCCC1. The molecule has 1 aliphatic carbocycles. The Bertz CT molecular complexity index is 119. The molecule has 1 saturated carbocycles. The topological polar surface area (TPSA) is 12.0 Å². The molecule has 5 heteroatoms. The van der Waals surface area contributed by atoms with Gasteiger partial charge in [-0.1, -0.05) is 19.3 Å². The monoisotopic (exact) mass is 187 g/mol. The molecule has 0 radical (unpaired) electrons. The molecule has 11 heavy (non-hydrogen) atoms. The van der Waals surface area contributed by atoms with Gasteiger partial charge in [0.1, 0.15) is 0 Å². The van der Waals surface area contributed by atoms with Crippen molar-refractivity contribution in [1.82, 2.24) is 4.72 Å². The average molecular weight is 187 g/mol. The second-order valence-corrected chi connectivity index (χ2v) is 3.91. The second kappa shape index (κ2) is 3.67. The average Bonchev–Trinajstić information content (AvgIpc) is 1.85. The standard InChI is InChI=1S/C6H12F3NS/c7-11(8,9)10-6-4-2-1-3-5-6/h6,10H,1-5H2. The molecular formula is C6H12F3NS. The van der Waals surface area contributed by atoms with Gasteiger partial charge >= 0.3 is 0 Å². The van der Waals surface area contributed by atoms with Crippen molar-refractivity contribution in [2.24, 2.45) is 0 Å². The molecule has 0 atom stereocenters. The first kappa shape index (κ1) is 9.19. The number of hydrogen-bond acceptors (Lipinski definition) is 1. The van der Waals surface area contributed by atoms with Gasteiger partial charge in [0.05, 0.1) is 0 Å². The molecule has 0 aromatic rings. The van der Waals surface area contributed by atoms with Gasteiger partial charge in [0.25, 0.3) is 11.4 Å². The summed E-state index contributed by atoms with van der Waals surface area (Å²) in [5.41, 5.74) is 0. The summed E-state index contributed by atoms with van der Waals surface area (Å²) in [6.07, 6.45) is 4.34. The minimum Gasteiger partial charge on any atom is -0.203 e. The number of nitrogens with one attached hydrogen (secondary N) is 1. The van der Waals surface area contributed by atoms with E-state index in [1.807, 2.05) is 0 Å². The third-order valence-corrected chi connectivity index (χ3v) is 2.51. The van der Waals surface area contributed by atoms with E-state index in [1.54, 1.807) is 4.72 Å². The molecule has 0 aliphatic heterocycles. The molecule has 0 saturated heterocycles. The van der Waals surface area contributed by atoms with Crippen LogP contribution in [0, 0.1) is 0 Å². The Balaban J connectivity index is 2.24. The van der Waals surface area contributed by atoms with Crippen LogP contribution >= 0.6 is 11.4 Å². The van der Waals surface area contributed by atoms with Gasteiger partial charge in [-0.2, -0.15) is 0 Å². The summed E-state index contributed by atoms with van der Waals surface area (Å²) in [6, 6.07) is -0.293. The molecule has 0 bridgehead atoms. The molecule has 1 fully saturated rings. The first-order valence-electron chi connectivity index (χ1n) is 3.77. The van der Waals surface area contributed by atoms with Crippen molar-refractivity contribution >= 4 is 11.4 Å². The van der Waals surface area contributed by atoms with E-state index in [-0.39, 0.29) is 6.04 Å². The van der Waals surface area contributed by atoms with Gasteiger partial charge in [0.15, 0.2) is 0 Å². The van der Waals surface area contributed by atoms with Crippen molar-refractivity contribution in [3.63, 3.8) is 0 Å². The smallest absolute Gasteiger partial charge is 0.203 e. The minimum atomic E-state index is -4.97. The van der Waals surface area contributed by atoms with Crippen LogP contribution in [0.4, 0.5) is 11.7 Å².